The summed E-state index contributed by atoms with van der Waals surface area (Å²) in [5.74, 6) is -0.944. The number of Topliss-reactive ketones (excluding diaryl/α,β-unsaturated/α-hetero) is 1. The van der Waals surface area contributed by atoms with Gasteiger partial charge in [-0.2, -0.15) is 0 Å². The quantitative estimate of drug-likeness (QED) is 0.605. The van der Waals surface area contributed by atoms with Crippen LogP contribution in [0.15, 0.2) is 36.7 Å². The number of carbonyl (C=O) groups excluding carboxylic acids is 2. The summed E-state index contributed by atoms with van der Waals surface area (Å²) in [6.07, 6.45) is 2.91. The molecule has 1 heterocycles. The summed E-state index contributed by atoms with van der Waals surface area (Å²) in [5, 5.41) is 7.49. The number of primary amides is 1. The molecule has 2 rings (SSSR count). The zero-order chi connectivity index (χ0) is 12.3. The van der Waals surface area contributed by atoms with Crippen LogP contribution in [0.25, 0.3) is 5.69 Å². The van der Waals surface area contributed by atoms with Crippen molar-refractivity contribution in [2.45, 2.75) is 6.42 Å². The zero-order valence-electron chi connectivity index (χ0n) is 8.91. The van der Waals surface area contributed by atoms with Gasteiger partial charge in [-0.3, -0.25) is 9.59 Å². The van der Waals surface area contributed by atoms with Crippen molar-refractivity contribution in [2.75, 3.05) is 0 Å². The molecule has 0 fully saturated rings. The summed E-state index contributed by atoms with van der Waals surface area (Å²) in [4.78, 5) is 22.3. The molecule has 1 amide bonds. The Kier molecular flexibility index (Phi) is 2.95. The fraction of sp³-hybridized carbons (Fsp3) is 0.0909. The van der Waals surface area contributed by atoms with Gasteiger partial charge in [0.2, 0.25) is 5.91 Å². The molecule has 86 valence electrons. The van der Waals surface area contributed by atoms with Crippen molar-refractivity contribution in [2.24, 2.45) is 5.73 Å². The third-order valence-corrected chi connectivity index (χ3v) is 2.19. The van der Waals surface area contributed by atoms with Gasteiger partial charge in [-0.1, -0.05) is 17.3 Å². The lowest BCUT2D eigenvalue weighted by atomic mass is 10.1. The lowest BCUT2D eigenvalue weighted by molar-refractivity contribution is -0.117. The Morgan fingerprint density at radius 2 is 2.18 bits per heavy atom. The Labute approximate surface area is 97.0 Å². The minimum atomic E-state index is -0.638. The molecule has 0 aliphatic rings. The van der Waals surface area contributed by atoms with E-state index in [1.165, 1.54) is 10.9 Å². The van der Waals surface area contributed by atoms with Crippen molar-refractivity contribution in [1.82, 2.24) is 15.0 Å². The predicted octanol–water partition coefficient (Wildman–Crippen LogP) is 0.325. The van der Waals surface area contributed by atoms with Crippen LogP contribution in [0.5, 0.6) is 0 Å². The van der Waals surface area contributed by atoms with Crippen LogP contribution in [0.4, 0.5) is 0 Å². The lowest BCUT2D eigenvalue weighted by Gasteiger charge is -2.03. The van der Waals surface area contributed by atoms with E-state index in [0.29, 0.717) is 11.3 Å². The molecule has 0 spiro atoms. The molecule has 6 nitrogen and oxygen atoms in total. The maximum atomic E-state index is 11.6. The molecule has 0 unspecified atom stereocenters. The first-order valence-corrected chi connectivity index (χ1v) is 4.95. The summed E-state index contributed by atoms with van der Waals surface area (Å²) >= 11 is 0. The SMILES string of the molecule is NC(=O)CC(=O)c1cccc(-n2ccnn2)c1. The first-order chi connectivity index (χ1) is 8.16. The van der Waals surface area contributed by atoms with Crippen LogP contribution in [-0.2, 0) is 4.79 Å². The van der Waals surface area contributed by atoms with Gasteiger partial charge in [0.1, 0.15) is 0 Å². The van der Waals surface area contributed by atoms with E-state index >= 15 is 0 Å². The number of amides is 1. The van der Waals surface area contributed by atoms with Crippen LogP contribution < -0.4 is 5.73 Å². The smallest absolute Gasteiger partial charge is 0.225 e. The highest BCUT2D eigenvalue weighted by Gasteiger charge is 2.10. The maximum Gasteiger partial charge on any atom is 0.225 e. The zero-order valence-corrected chi connectivity index (χ0v) is 8.91. The molecular formula is C11H10N4O2. The molecule has 0 bridgehead atoms. The highest BCUT2D eigenvalue weighted by atomic mass is 16.2. The largest absolute Gasteiger partial charge is 0.369 e. The average Bonchev–Trinajstić information content (AvgIpc) is 2.82. The number of carbonyl (C=O) groups is 2. The molecular weight excluding hydrogens is 220 g/mol. The van der Waals surface area contributed by atoms with Crippen LogP contribution in [0.1, 0.15) is 16.8 Å². The minimum absolute atomic E-state index is 0.291. The summed E-state index contributed by atoms with van der Waals surface area (Å²) < 4.78 is 1.53. The van der Waals surface area contributed by atoms with Crippen molar-refractivity contribution < 1.29 is 9.59 Å². The number of benzene rings is 1. The van der Waals surface area contributed by atoms with Crippen LogP contribution in [0.3, 0.4) is 0 Å². The van der Waals surface area contributed by atoms with Gasteiger partial charge in [-0.05, 0) is 12.1 Å². The van der Waals surface area contributed by atoms with Gasteiger partial charge < -0.3 is 5.73 Å². The fourth-order valence-corrected chi connectivity index (χ4v) is 1.43. The van der Waals surface area contributed by atoms with Crippen LogP contribution in [0, 0.1) is 0 Å². The van der Waals surface area contributed by atoms with E-state index in [1.807, 2.05) is 0 Å². The summed E-state index contributed by atoms with van der Waals surface area (Å²) in [6.45, 7) is 0. The Hall–Kier alpha value is -2.50. The molecule has 1 aromatic carbocycles. The second-order valence-electron chi connectivity index (χ2n) is 3.46. The van der Waals surface area contributed by atoms with E-state index in [-0.39, 0.29) is 12.2 Å². The van der Waals surface area contributed by atoms with Crippen LogP contribution >= 0.6 is 0 Å². The molecule has 17 heavy (non-hydrogen) atoms. The molecule has 0 radical (unpaired) electrons. The number of rotatable bonds is 4. The molecule has 6 heteroatoms. The van der Waals surface area contributed by atoms with Crippen molar-refractivity contribution in [3.8, 4) is 5.69 Å². The highest BCUT2D eigenvalue weighted by molar-refractivity contribution is 6.07. The third kappa shape index (κ3) is 2.54. The van der Waals surface area contributed by atoms with Crippen molar-refractivity contribution in [1.29, 1.82) is 0 Å². The van der Waals surface area contributed by atoms with Gasteiger partial charge in [0, 0.05) is 5.56 Å². The molecule has 0 aliphatic heterocycles. The topological polar surface area (TPSA) is 90.9 Å². The number of ketones is 1. The number of hydrogen-bond donors (Lipinski definition) is 1. The Morgan fingerprint density at radius 1 is 1.35 bits per heavy atom. The van der Waals surface area contributed by atoms with E-state index in [4.69, 9.17) is 5.73 Å². The van der Waals surface area contributed by atoms with E-state index in [9.17, 15) is 9.59 Å². The van der Waals surface area contributed by atoms with Crippen LogP contribution in [-0.4, -0.2) is 26.7 Å². The summed E-state index contributed by atoms with van der Waals surface area (Å²) in [5.41, 5.74) is 6.11. The number of nitrogens with zero attached hydrogens (tertiary/aromatic N) is 3. The predicted molar refractivity (Wildman–Crippen MR) is 59.5 cm³/mol. The second-order valence-corrected chi connectivity index (χ2v) is 3.46. The van der Waals surface area contributed by atoms with Crippen LogP contribution in [0.2, 0.25) is 0 Å². The summed E-state index contributed by atoms with van der Waals surface area (Å²) in [7, 11) is 0. The van der Waals surface area contributed by atoms with Crippen molar-refractivity contribution in [3.63, 3.8) is 0 Å². The molecule has 0 saturated heterocycles. The van der Waals surface area contributed by atoms with Gasteiger partial charge in [-0.15, -0.1) is 5.10 Å². The third-order valence-electron chi connectivity index (χ3n) is 2.19. The molecule has 0 saturated carbocycles. The molecule has 0 atom stereocenters. The van der Waals surface area contributed by atoms with E-state index in [0.717, 1.165) is 0 Å². The van der Waals surface area contributed by atoms with E-state index in [2.05, 4.69) is 10.3 Å². The van der Waals surface area contributed by atoms with Gasteiger partial charge in [0.15, 0.2) is 5.78 Å². The molecule has 2 N–H and O–H groups in total. The first-order valence-electron chi connectivity index (χ1n) is 4.95. The van der Waals surface area contributed by atoms with Gasteiger partial charge in [0.05, 0.1) is 24.5 Å². The number of aromatic nitrogens is 3. The van der Waals surface area contributed by atoms with Crippen molar-refractivity contribution in [3.05, 3.63) is 42.2 Å². The normalized spacial score (nSPS) is 10.1. The second kappa shape index (κ2) is 4.56. The Bertz CT molecular complexity index is 548. The Balaban J connectivity index is 2.29. The Morgan fingerprint density at radius 3 is 2.82 bits per heavy atom. The van der Waals surface area contributed by atoms with E-state index < -0.39 is 5.91 Å². The maximum absolute atomic E-state index is 11.6. The highest BCUT2D eigenvalue weighted by Crippen LogP contribution is 2.10. The van der Waals surface area contributed by atoms with E-state index in [1.54, 1.807) is 30.5 Å². The molecule has 1 aromatic heterocycles. The van der Waals surface area contributed by atoms with Gasteiger partial charge >= 0.3 is 0 Å². The van der Waals surface area contributed by atoms with Crippen molar-refractivity contribution >= 4 is 11.7 Å². The number of nitrogens with two attached hydrogens (primary N) is 1. The molecule has 0 aliphatic carbocycles. The average molecular weight is 230 g/mol. The summed E-state index contributed by atoms with van der Waals surface area (Å²) in [6, 6.07) is 6.77. The standard InChI is InChI=1S/C11H10N4O2/c12-11(17)7-10(16)8-2-1-3-9(6-8)15-5-4-13-14-15/h1-6H,7H2,(H2,12,17). The minimum Gasteiger partial charge on any atom is -0.369 e. The van der Waals surface area contributed by atoms with Gasteiger partial charge in [-0.25, -0.2) is 4.68 Å². The number of hydrogen-bond acceptors (Lipinski definition) is 4. The first kappa shape index (κ1) is 11.0. The lowest BCUT2D eigenvalue weighted by Crippen LogP contribution is -2.16. The van der Waals surface area contributed by atoms with Gasteiger partial charge in [0.25, 0.3) is 0 Å². The molecule has 2 aromatic rings. The monoisotopic (exact) mass is 230 g/mol. The fourth-order valence-electron chi connectivity index (χ4n) is 1.43.